The number of benzene rings is 23. The lowest BCUT2D eigenvalue weighted by Gasteiger charge is -2.34. The summed E-state index contributed by atoms with van der Waals surface area (Å²) in [4.78, 5) is 0. The Hall–Kier alpha value is -18.5. The van der Waals surface area contributed by atoms with E-state index in [1.165, 1.54) is 134 Å². The molecule has 0 unspecified atom stereocenters. The highest BCUT2D eigenvalue weighted by molar-refractivity contribution is 6.17. The van der Waals surface area contributed by atoms with Gasteiger partial charge >= 0.3 is 0 Å². The van der Waals surface area contributed by atoms with Crippen LogP contribution in [-0.2, 0) is 16.2 Å². The molecule has 0 N–H and O–H groups in total. The Morgan fingerprint density at radius 2 is 0.347 bits per heavy atom. The minimum Gasteiger partial charge on any atom is -0.455 e. The van der Waals surface area contributed by atoms with Crippen molar-refractivity contribution in [3.05, 3.63) is 625 Å². The van der Waals surface area contributed by atoms with E-state index in [4.69, 9.17) is 13.3 Å². The number of para-hydroxylation sites is 4. The maximum absolute atomic E-state index is 7.19. The van der Waals surface area contributed by atoms with Crippen LogP contribution in [0.3, 0.4) is 0 Å². The first-order valence-electron chi connectivity index (χ1n) is 49.7. The van der Waals surface area contributed by atoms with Gasteiger partial charge in [0.2, 0.25) is 0 Å². The molecule has 0 spiro atoms. The first-order valence-corrected chi connectivity index (χ1v) is 49.7. The van der Waals surface area contributed by atoms with Crippen molar-refractivity contribution in [2.45, 2.75) is 16.2 Å². The molecule has 0 radical (unpaired) electrons. The molecule has 0 saturated heterocycles. The van der Waals surface area contributed by atoms with Crippen molar-refractivity contribution in [1.29, 1.82) is 0 Å². The summed E-state index contributed by atoms with van der Waals surface area (Å²) < 4.78 is 19.9. The molecule has 3 heterocycles. The van der Waals surface area contributed by atoms with Gasteiger partial charge in [-0.3, -0.25) is 0 Å². The Bertz CT molecular complexity index is 9280. The van der Waals surface area contributed by atoms with Crippen LogP contribution < -0.4 is 0 Å². The fourth-order valence-electron chi connectivity index (χ4n) is 24.2. The Balaban J connectivity index is 0.000000109. The van der Waals surface area contributed by atoms with Gasteiger partial charge in [0.05, 0.1) is 16.2 Å². The van der Waals surface area contributed by atoms with E-state index in [1.807, 2.05) is 24.3 Å². The molecular formula is C141H92O3. The summed E-state index contributed by atoms with van der Waals surface area (Å²) in [6.45, 7) is 0. The van der Waals surface area contributed by atoms with Gasteiger partial charge in [0.1, 0.15) is 33.5 Å². The predicted molar refractivity (Wildman–Crippen MR) is 597 cm³/mol. The van der Waals surface area contributed by atoms with Crippen LogP contribution in [-0.4, -0.2) is 0 Å². The average molecular weight is 1830 g/mol. The van der Waals surface area contributed by atoms with Crippen LogP contribution in [0, 0.1) is 0 Å². The third kappa shape index (κ3) is 13.7. The summed E-state index contributed by atoms with van der Waals surface area (Å²) >= 11 is 0. The van der Waals surface area contributed by atoms with Gasteiger partial charge in [-0.1, -0.05) is 504 Å². The highest BCUT2D eigenvalue weighted by atomic mass is 16.3. The monoisotopic (exact) mass is 1830 g/mol. The van der Waals surface area contributed by atoms with Gasteiger partial charge in [0, 0.05) is 54.6 Å². The maximum Gasteiger partial charge on any atom is 0.143 e. The first-order chi connectivity index (χ1) is 71.4. The van der Waals surface area contributed by atoms with Crippen molar-refractivity contribution in [2.24, 2.45) is 0 Å². The third-order valence-electron chi connectivity index (χ3n) is 30.5. The van der Waals surface area contributed by atoms with Gasteiger partial charge in [0.15, 0.2) is 0 Å². The molecule has 3 aliphatic carbocycles. The predicted octanol–water partition coefficient (Wildman–Crippen LogP) is 37.2. The molecule has 674 valence electrons. The zero-order chi connectivity index (χ0) is 95.2. The third-order valence-corrected chi connectivity index (χ3v) is 30.5. The molecule has 0 amide bonds. The van der Waals surface area contributed by atoms with Crippen LogP contribution in [0.2, 0.25) is 0 Å². The van der Waals surface area contributed by atoms with Crippen LogP contribution in [0.4, 0.5) is 0 Å². The molecule has 3 heteroatoms. The Kier molecular flexibility index (Phi) is 20.7. The summed E-state index contributed by atoms with van der Waals surface area (Å²) in [5.41, 5.74) is 45.9. The van der Waals surface area contributed by atoms with Crippen molar-refractivity contribution >= 4 is 65.8 Å². The molecule has 29 rings (SSSR count). The fraction of sp³-hybridized carbons (Fsp3) is 0.0213. The van der Waals surface area contributed by atoms with E-state index in [0.29, 0.717) is 0 Å². The molecule has 0 bridgehead atoms. The van der Waals surface area contributed by atoms with Crippen LogP contribution in [0.25, 0.3) is 188 Å². The molecule has 3 aliphatic rings. The van der Waals surface area contributed by atoms with Crippen LogP contribution in [0.15, 0.2) is 571 Å². The van der Waals surface area contributed by atoms with Gasteiger partial charge in [0.25, 0.3) is 0 Å². The lowest BCUT2D eigenvalue weighted by Crippen LogP contribution is -2.28. The molecule has 0 saturated carbocycles. The highest BCUT2D eigenvalue weighted by Crippen LogP contribution is 2.61. The van der Waals surface area contributed by atoms with E-state index in [0.717, 1.165) is 121 Å². The summed E-state index contributed by atoms with van der Waals surface area (Å²) in [5, 5.41) is 6.81. The zero-order valence-corrected chi connectivity index (χ0v) is 78.8. The molecule has 26 aromatic rings. The van der Waals surface area contributed by atoms with Crippen molar-refractivity contribution in [2.75, 3.05) is 0 Å². The van der Waals surface area contributed by atoms with Gasteiger partial charge in [-0.15, -0.1) is 0 Å². The van der Waals surface area contributed by atoms with Crippen molar-refractivity contribution in [3.63, 3.8) is 0 Å². The van der Waals surface area contributed by atoms with Gasteiger partial charge in [-0.05, 0) is 222 Å². The van der Waals surface area contributed by atoms with E-state index >= 15 is 0 Å². The van der Waals surface area contributed by atoms with E-state index < -0.39 is 10.8 Å². The fourth-order valence-corrected chi connectivity index (χ4v) is 24.2. The minimum atomic E-state index is -0.500. The van der Waals surface area contributed by atoms with E-state index in [9.17, 15) is 0 Å². The molecule has 0 aliphatic heterocycles. The molecule has 3 nitrogen and oxygen atoms in total. The van der Waals surface area contributed by atoms with E-state index in [-0.39, 0.29) is 5.41 Å². The lowest BCUT2D eigenvalue weighted by atomic mass is 9.67. The SMILES string of the molecule is c1ccc(-c2cc(-c3ccccc3)c3oc4c(-c5cccc(C6(c7ccccc7)c7ccccc7-c7ccccc76)c5)cc(-c5ccccc5)cc4c3c2)cc1.c1ccc(C2(c3ccc(-c4ccc(-c5cccc6c5oc5ccccc56)cc4)cc3)c3ccccc3-c3ccccc32)cc1.c1ccc(C2(c3cccc(-c4cccc(-c5cccc6c5oc5ccccc56)c4)c3)c3ccccc3-c3ccccc32)cc1. The second-order valence-electron chi connectivity index (χ2n) is 38.1. The number of hydrogen-bond acceptors (Lipinski definition) is 3. The van der Waals surface area contributed by atoms with E-state index in [2.05, 4.69) is 534 Å². The second-order valence-corrected chi connectivity index (χ2v) is 38.1. The van der Waals surface area contributed by atoms with Crippen molar-refractivity contribution in [3.8, 4) is 122 Å². The lowest BCUT2D eigenvalue weighted by molar-refractivity contribution is 0.669. The van der Waals surface area contributed by atoms with Crippen LogP contribution in [0.5, 0.6) is 0 Å². The maximum atomic E-state index is 7.19. The molecular weight excluding hydrogens is 1740 g/mol. The van der Waals surface area contributed by atoms with Gasteiger partial charge in [-0.2, -0.15) is 0 Å². The summed E-state index contributed by atoms with van der Waals surface area (Å²) in [7, 11) is 0. The smallest absolute Gasteiger partial charge is 0.143 e. The quantitative estimate of drug-likeness (QED) is 0.109. The summed E-state index contributed by atoms with van der Waals surface area (Å²) in [6, 6.07) is 202. The molecule has 23 aromatic carbocycles. The number of fused-ring (bicyclic) bond motifs is 18. The number of hydrogen-bond donors (Lipinski definition) is 0. The van der Waals surface area contributed by atoms with Crippen LogP contribution in [0.1, 0.15) is 66.8 Å². The Labute approximate surface area is 836 Å². The summed E-state index contributed by atoms with van der Waals surface area (Å²) in [6.07, 6.45) is 0. The number of rotatable bonds is 14. The van der Waals surface area contributed by atoms with Crippen LogP contribution >= 0.6 is 0 Å². The van der Waals surface area contributed by atoms with Crippen molar-refractivity contribution < 1.29 is 13.3 Å². The molecule has 0 atom stereocenters. The molecule has 144 heavy (non-hydrogen) atoms. The van der Waals surface area contributed by atoms with E-state index in [1.54, 1.807) is 0 Å². The normalized spacial score (nSPS) is 13.0. The second kappa shape index (κ2) is 35.1. The largest absolute Gasteiger partial charge is 0.455 e. The topological polar surface area (TPSA) is 39.4 Å². The standard InChI is InChI=1S/C55H36O.2C43H28O/c1-5-18-37(19-6-1)41-33-47(39-22-9-3-10-23-39)53-49(35-41)50-36-42(38-20-7-2-8-21-38)34-48(54(50)56-53)40-24-17-27-44(32-40)55(43-25-11-4-12-26-43)51-30-15-13-28-45(51)46-29-14-16-31-52(46)55;1-2-16-32(17-3-1)43(39-24-7-4-19-35(39)36-20-5-8-25-40(36)43)33-18-11-14-30(28-33)29-13-10-15-31(27-29)34-22-12-23-38-37-21-6-9-26-41(37)44-42(34)38;1-2-11-32(12-3-1)43(39-18-7-4-13-35(39)36-14-5-8-19-40(36)43)33-27-25-30(26-28-33)29-21-23-31(24-22-29)34-16-10-17-38-37-15-6-9-20-41(37)44-42(34)38/h1-36H;2*1-28H. The zero-order valence-electron chi connectivity index (χ0n) is 78.8. The van der Waals surface area contributed by atoms with Gasteiger partial charge < -0.3 is 13.3 Å². The number of furan rings is 3. The Morgan fingerprint density at radius 3 is 0.757 bits per heavy atom. The Morgan fingerprint density at radius 1 is 0.111 bits per heavy atom. The highest BCUT2D eigenvalue weighted by Gasteiger charge is 2.49. The average Bonchev–Trinajstić information content (AvgIpc) is 1.54. The summed E-state index contributed by atoms with van der Waals surface area (Å²) in [5.74, 6) is 0. The molecule has 0 fully saturated rings. The first kappa shape index (κ1) is 84.7. The van der Waals surface area contributed by atoms with Gasteiger partial charge in [-0.25, -0.2) is 0 Å². The molecule has 3 aromatic heterocycles. The van der Waals surface area contributed by atoms with Crippen molar-refractivity contribution in [1.82, 2.24) is 0 Å². The minimum absolute atomic E-state index is 0.373.